The molecule has 0 N–H and O–H groups in total. The summed E-state index contributed by atoms with van der Waals surface area (Å²) in [5, 5.41) is 2.36. The maximum Gasteiger partial charge on any atom is 0.230 e. The van der Waals surface area contributed by atoms with E-state index in [2.05, 4.69) is 4.98 Å². The second-order valence-electron chi connectivity index (χ2n) is 6.89. The van der Waals surface area contributed by atoms with E-state index in [0.29, 0.717) is 27.9 Å². The molecule has 7 heteroatoms. The monoisotopic (exact) mass is 436 g/mol. The van der Waals surface area contributed by atoms with E-state index in [0.717, 1.165) is 16.8 Å². The quantitative estimate of drug-likeness (QED) is 0.368. The predicted octanol–water partition coefficient (Wildman–Crippen LogP) is 5.36. The first-order valence-electron chi connectivity index (χ1n) is 9.62. The zero-order valence-corrected chi connectivity index (χ0v) is 18.9. The predicted molar refractivity (Wildman–Crippen MR) is 124 cm³/mol. The van der Waals surface area contributed by atoms with Gasteiger partial charge in [-0.1, -0.05) is 12.1 Å². The van der Waals surface area contributed by atoms with Crippen molar-refractivity contribution in [2.75, 3.05) is 19.1 Å². The average molecular weight is 437 g/mol. The van der Waals surface area contributed by atoms with Crippen LogP contribution < -0.4 is 14.4 Å². The van der Waals surface area contributed by atoms with Crippen LogP contribution in [0.5, 0.6) is 11.5 Å². The van der Waals surface area contributed by atoms with Crippen LogP contribution >= 0.6 is 11.3 Å². The summed E-state index contributed by atoms with van der Waals surface area (Å²) in [7, 11) is 3.05. The summed E-state index contributed by atoms with van der Waals surface area (Å²) >= 11 is 1.34. The Morgan fingerprint density at radius 1 is 1.10 bits per heavy atom. The molecule has 1 amide bonds. The first kappa shape index (κ1) is 22.2. The molecule has 0 fully saturated rings. The number of anilines is 2. The summed E-state index contributed by atoms with van der Waals surface area (Å²) in [6.07, 6.45) is 3.06. The molecule has 31 heavy (non-hydrogen) atoms. The van der Waals surface area contributed by atoms with Crippen LogP contribution in [0.1, 0.15) is 34.1 Å². The van der Waals surface area contributed by atoms with E-state index in [4.69, 9.17) is 9.47 Å². The Labute approximate surface area is 185 Å². The highest BCUT2D eigenvalue weighted by Gasteiger charge is 2.20. The number of ether oxygens (including phenoxy) is 2. The molecular formula is C24H24N2O4S. The fourth-order valence-corrected chi connectivity index (χ4v) is 3.95. The first-order chi connectivity index (χ1) is 14.8. The van der Waals surface area contributed by atoms with Crippen molar-refractivity contribution in [1.82, 2.24) is 4.98 Å². The number of aryl methyl sites for hydroxylation is 1. The van der Waals surface area contributed by atoms with Crippen molar-refractivity contribution in [2.24, 2.45) is 0 Å². The van der Waals surface area contributed by atoms with Crippen LogP contribution in [0.2, 0.25) is 0 Å². The van der Waals surface area contributed by atoms with Crippen molar-refractivity contribution < 1.29 is 19.1 Å². The van der Waals surface area contributed by atoms with Crippen LogP contribution in [0.4, 0.5) is 10.8 Å². The number of rotatable bonds is 7. The number of thiazole rings is 1. The molecule has 3 aromatic rings. The Morgan fingerprint density at radius 3 is 2.55 bits per heavy atom. The molecule has 0 aliphatic carbocycles. The van der Waals surface area contributed by atoms with Crippen LogP contribution in [-0.2, 0) is 4.79 Å². The van der Waals surface area contributed by atoms with Gasteiger partial charge in [0.15, 0.2) is 10.9 Å². The molecule has 0 unspecified atom stereocenters. The normalized spacial score (nSPS) is 10.9. The molecule has 6 nitrogen and oxygen atoms in total. The van der Waals surface area contributed by atoms with Crippen LogP contribution in [0, 0.1) is 13.8 Å². The third-order valence-electron chi connectivity index (χ3n) is 4.91. The highest BCUT2D eigenvalue weighted by atomic mass is 32.1. The topological polar surface area (TPSA) is 68.7 Å². The number of nitrogens with zero attached hydrogens (tertiary/aromatic N) is 2. The molecular weight excluding hydrogens is 412 g/mol. The van der Waals surface area contributed by atoms with Crippen molar-refractivity contribution in [3.63, 3.8) is 0 Å². The van der Waals surface area contributed by atoms with Crippen molar-refractivity contribution >= 4 is 39.9 Å². The van der Waals surface area contributed by atoms with E-state index in [1.807, 2.05) is 37.4 Å². The van der Waals surface area contributed by atoms with Gasteiger partial charge in [-0.25, -0.2) is 4.98 Å². The van der Waals surface area contributed by atoms with Gasteiger partial charge in [0.2, 0.25) is 5.91 Å². The summed E-state index contributed by atoms with van der Waals surface area (Å²) in [4.78, 5) is 31.2. The van der Waals surface area contributed by atoms with E-state index < -0.39 is 0 Å². The fraction of sp³-hybridized carbons (Fsp3) is 0.208. The molecule has 0 bridgehead atoms. The SMILES string of the molecule is COc1ccc(OC)c(C(=O)/C=C/c2csc(N(C(C)=O)c3cccc(C)c3C)n2)c1. The number of carbonyl (C=O) groups excluding carboxylic acids is 2. The van der Waals surface area contributed by atoms with Crippen LogP contribution in [0.25, 0.3) is 6.08 Å². The van der Waals surface area contributed by atoms with Gasteiger partial charge >= 0.3 is 0 Å². The summed E-state index contributed by atoms with van der Waals surface area (Å²) in [6.45, 7) is 5.50. The first-order valence-corrected chi connectivity index (χ1v) is 10.5. The minimum atomic E-state index is -0.233. The number of ketones is 1. The highest BCUT2D eigenvalue weighted by Crippen LogP contribution is 2.33. The molecule has 0 aliphatic rings. The lowest BCUT2D eigenvalue weighted by atomic mass is 10.1. The molecule has 1 aromatic heterocycles. The summed E-state index contributed by atoms with van der Waals surface area (Å²) in [6, 6.07) is 10.9. The minimum Gasteiger partial charge on any atom is -0.497 e. The molecule has 0 atom stereocenters. The lowest BCUT2D eigenvalue weighted by Crippen LogP contribution is -2.23. The van der Waals surface area contributed by atoms with Crippen LogP contribution in [-0.4, -0.2) is 30.9 Å². The summed E-state index contributed by atoms with van der Waals surface area (Å²) in [5.41, 5.74) is 3.90. The van der Waals surface area contributed by atoms with Gasteiger partial charge in [0.25, 0.3) is 0 Å². The second kappa shape index (κ2) is 9.57. The summed E-state index contributed by atoms with van der Waals surface area (Å²) < 4.78 is 10.5. The average Bonchev–Trinajstić information content (AvgIpc) is 3.22. The lowest BCUT2D eigenvalue weighted by molar-refractivity contribution is -0.115. The molecule has 3 rings (SSSR count). The molecule has 1 heterocycles. The van der Waals surface area contributed by atoms with Crippen molar-refractivity contribution in [1.29, 1.82) is 0 Å². The number of benzene rings is 2. The largest absolute Gasteiger partial charge is 0.497 e. The van der Waals surface area contributed by atoms with Gasteiger partial charge in [-0.15, -0.1) is 11.3 Å². The Balaban J connectivity index is 1.88. The van der Waals surface area contributed by atoms with Gasteiger partial charge in [-0.3, -0.25) is 14.5 Å². The third kappa shape index (κ3) is 4.83. The van der Waals surface area contributed by atoms with Gasteiger partial charge in [0, 0.05) is 12.3 Å². The lowest BCUT2D eigenvalue weighted by Gasteiger charge is -2.21. The van der Waals surface area contributed by atoms with Crippen LogP contribution in [0.3, 0.4) is 0 Å². The third-order valence-corrected chi connectivity index (χ3v) is 5.75. The van der Waals surface area contributed by atoms with Gasteiger partial charge in [0.1, 0.15) is 11.5 Å². The van der Waals surface area contributed by atoms with E-state index >= 15 is 0 Å². The van der Waals surface area contributed by atoms with Gasteiger partial charge in [-0.05, 0) is 61.4 Å². The van der Waals surface area contributed by atoms with E-state index in [1.54, 1.807) is 36.3 Å². The van der Waals surface area contributed by atoms with Crippen molar-refractivity contribution in [2.45, 2.75) is 20.8 Å². The fourth-order valence-electron chi connectivity index (χ4n) is 3.10. The van der Waals surface area contributed by atoms with Crippen molar-refractivity contribution in [3.8, 4) is 11.5 Å². The van der Waals surface area contributed by atoms with Gasteiger partial charge in [0.05, 0.1) is 31.2 Å². The molecule has 2 aromatic carbocycles. The Morgan fingerprint density at radius 2 is 1.87 bits per heavy atom. The molecule has 0 aliphatic heterocycles. The zero-order chi connectivity index (χ0) is 22.5. The van der Waals surface area contributed by atoms with Gasteiger partial charge < -0.3 is 9.47 Å². The smallest absolute Gasteiger partial charge is 0.230 e. The van der Waals surface area contributed by atoms with Crippen LogP contribution in [0.15, 0.2) is 47.9 Å². The second-order valence-corrected chi connectivity index (χ2v) is 7.73. The van der Waals surface area contributed by atoms with Crippen molar-refractivity contribution in [3.05, 3.63) is 70.2 Å². The standard InChI is InChI=1S/C24H24N2O4S/c1-15-7-6-8-21(16(15)2)26(17(3)27)24-25-18(14-31-24)9-11-22(28)20-13-19(29-4)10-12-23(20)30-5/h6-14H,1-5H3/b11-9+. The number of methoxy groups -OCH3 is 2. The number of aromatic nitrogens is 1. The maximum absolute atomic E-state index is 12.7. The van der Waals surface area contributed by atoms with E-state index in [9.17, 15) is 9.59 Å². The Bertz CT molecular complexity index is 1150. The number of hydrogen-bond acceptors (Lipinski definition) is 6. The molecule has 0 saturated carbocycles. The van der Waals surface area contributed by atoms with Gasteiger partial charge in [-0.2, -0.15) is 0 Å². The number of amides is 1. The minimum absolute atomic E-state index is 0.129. The van der Waals surface area contributed by atoms with E-state index in [1.165, 1.54) is 31.4 Å². The Hall–Kier alpha value is -3.45. The number of hydrogen-bond donors (Lipinski definition) is 0. The summed E-state index contributed by atoms with van der Waals surface area (Å²) in [5.74, 6) is 0.672. The molecule has 0 spiro atoms. The number of allylic oxidation sites excluding steroid dienone is 1. The highest BCUT2D eigenvalue weighted by molar-refractivity contribution is 7.14. The molecule has 0 radical (unpaired) electrons. The maximum atomic E-state index is 12.7. The zero-order valence-electron chi connectivity index (χ0n) is 18.1. The molecule has 160 valence electrons. The van der Waals surface area contributed by atoms with E-state index in [-0.39, 0.29) is 11.7 Å². The molecule has 0 saturated heterocycles. The number of carbonyl (C=O) groups is 2. The Kier molecular flexibility index (Phi) is 6.87.